The molecule has 0 radical (unpaired) electrons. The van der Waals surface area contributed by atoms with Crippen LogP contribution in [0.5, 0.6) is 0 Å². The summed E-state index contributed by atoms with van der Waals surface area (Å²) in [6, 6.07) is 3.73. The van der Waals surface area contributed by atoms with Crippen molar-refractivity contribution in [1.82, 2.24) is 9.88 Å². The molecule has 1 amide bonds. The van der Waals surface area contributed by atoms with Crippen molar-refractivity contribution in [3.63, 3.8) is 0 Å². The van der Waals surface area contributed by atoms with Crippen molar-refractivity contribution < 1.29 is 9.53 Å². The highest BCUT2D eigenvalue weighted by Gasteiger charge is 2.31. The summed E-state index contributed by atoms with van der Waals surface area (Å²) in [5.74, 6) is 0.192. The Morgan fingerprint density at radius 3 is 2.61 bits per heavy atom. The van der Waals surface area contributed by atoms with E-state index in [1.807, 2.05) is 32.9 Å². The van der Waals surface area contributed by atoms with Crippen LogP contribution in [0, 0.1) is 0 Å². The number of benzene rings is 1. The first-order chi connectivity index (χ1) is 10.7. The van der Waals surface area contributed by atoms with Gasteiger partial charge < -0.3 is 14.6 Å². The summed E-state index contributed by atoms with van der Waals surface area (Å²) in [6.45, 7) is 8.84. The molecule has 124 valence electrons. The van der Waals surface area contributed by atoms with Crippen molar-refractivity contribution in [2.75, 3.05) is 6.54 Å². The van der Waals surface area contributed by atoms with Crippen LogP contribution in [-0.4, -0.2) is 28.1 Å². The van der Waals surface area contributed by atoms with Crippen LogP contribution in [0.15, 0.2) is 12.1 Å². The van der Waals surface area contributed by atoms with E-state index in [-0.39, 0.29) is 12.0 Å². The maximum absolute atomic E-state index is 12.3. The van der Waals surface area contributed by atoms with E-state index in [0.29, 0.717) is 23.1 Å². The predicted octanol–water partition coefficient (Wildman–Crippen LogP) is 5.33. The van der Waals surface area contributed by atoms with Crippen LogP contribution < -0.4 is 0 Å². The van der Waals surface area contributed by atoms with Crippen molar-refractivity contribution in [3.8, 4) is 0 Å². The fourth-order valence-corrected chi connectivity index (χ4v) is 3.42. The lowest BCUT2D eigenvalue weighted by Crippen LogP contribution is -2.40. The SMILES string of the molecule is CC1CN(C(=O)OC(C)(C)C)Cc2[nH]c3cc(Cl)c(Cl)cc3c21. The van der Waals surface area contributed by atoms with Gasteiger partial charge in [-0.1, -0.05) is 30.1 Å². The first-order valence-electron chi connectivity index (χ1n) is 7.63. The van der Waals surface area contributed by atoms with Crippen LogP contribution in [0.2, 0.25) is 10.0 Å². The molecule has 1 aliphatic rings. The number of rotatable bonds is 0. The van der Waals surface area contributed by atoms with Gasteiger partial charge in [-0.3, -0.25) is 0 Å². The molecule has 4 nitrogen and oxygen atoms in total. The van der Waals surface area contributed by atoms with Crippen LogP contribution in [0.3, 0.4) is 0 Å². The van der Waals surface area contributed by atoms with Gasteiger partial charge in [-0.25, -0.2) is 4.79 Å². The number of nitrogens with one attached hydrogen (secondary N) is 1. The lowest BCUT2D eigenvalue weighted by molar-refractivity contribution is 0.0207. The summed E-state index contributed by atoms with van der Waals surface area (Å²) in [5, 5.41) is 2.14. The number of carbonyl (C=O) groups excluding carboxylic acids is 1. The van der Waals surface area contributed by atoms with Gasteiger partial charge in [0.15, 0.2) is 0 Å². The summed E-state index contributed by atoms with van der Waals surface area (Å²) in [6.07, 6.45) is -0.287. The molecular formula is C17H20Cl2N2O2. The molecule has 6 heteroatoms. The molecule has 1 unspecified atom stereocenters. The van der Waals surface area contributed by atoms with Crippen LogP contribution in [-0.2, 0) is 11.3 Å². The van der Waals surface area contributed by atoms with Gasteiger partial charge in [0.05, 0.1) is 16.6 Å². The molecule has 1 aromatic heterocycles. The van der Waals surface area contributed by atoms with E-state index < -0.39 is 5.60 Å². The summed E-state index contributed by atoms with van der Waals surface area (Å²) in [7, 11) is 0. The third-order valence-corrected chi connectivity index (χ3v) is 4.67. The molecule has 0 spiro atoms. The summed E-state index contributed by atoms with van der Waals surface area (Å²) in [4.78, 5) is 17.4. The zero-order valence-electron chi connectivity index (χ0n) is 13.7. The number of fused-ring (bicyclic) bond motifs is 3. The van der Waals surface area contributed by atoms with Gasteiger partial charge in [-0.05, 0) is 38.5 Å². The molecule has 1 aromatic carbocycles. The molecule has 0 saturated carbocycles. The van der Waals surface area contributed by atoms with E-state index in [1.54, 1.807) is 4.90 Å². The van der Waals surface area contributed by atoms with Crippen LogP contribution in [0.25, 0.3) is 10.9 Å². The number of hydrogen-bond acceptors (Lipinski definition) is 2. The minimum absolute atomic E-state index is 0.192. The molecule has 0 bridgehead atoms. The zero-order valence-corrected chi connectivity index (χ0v) is 15.2. The second-order valence-corrected chi connectivity index (χ2v) is 7.91. The maximum atomic E-state index is 12.3. The Labute approximate surface area is 145 Å². The van der Waals surface area contributed by atoms with E-state index >= 15 is 0 Å². The monoisotopic (exact) mass is 354 g/mol. The van der Waals surface area contributed by atoms with Crippen molar-refractivity contribution in [2.24, 2.45) is 0 Å². The highest BCUT2D eigenvalue weighted by molar-refractivity contribution is 6.42. The number of nitrogens with zero attached hydrogens (tertiary/aromatic N) is 1. The Bertz CT molecular complexity index is 777. The number of halogens is 2. The average molecular weight is 355 g/mol. The normalized spacial score (nSPS) is 18.2. The van der Waals surface area contributed by atoms with Gasteiger partial charge in [-0.15, -0.1) is 0 Å². The van der Waals surface area contributed by atoms with Crippen molar-refractivity contribution in [2.45, 2.75) is 45.8 Å². The molecule has 1 N–H and O–H groups in total. The number of hydrogen-bond donors (Lipinski definition) is 1. The molecular weight excluding hydrogens is 335 g/mol. The molecule has 2 aromatic rings. The third kappa shape index (κ3) is 3.15. The number of aromatic amines is 1. The molecule has 0 fully saturated rings. The molecule has 1 atom stereocenters. The Morgan fingerprint density at radius 2 is 1.96 bits per heavy atom. The molecule has 0 aliphatic carbocycles. The first-order valence-corrected chi connectivity index (χ1v) is 8.38. The standard InChI is InChI=1S/C17H20Cl2N2O2/c1-9-7-21(16(22)23-17(2,3)4)8-14-15(9)10-5-11(18)12(19)6-13(10)20-14/h5-6,9,20H,7-8H2,1-4H3. The Morgan fingerprint density at radius 1 is 1.30 bits per heavy atom. The average Bonchev–Trinajstić information content (AvgIpc) is 2.75. The van der Waals surface area contributed by atoms with Gasteiger partial charge in [0.25, 0.3) is 0 Å². The number of carbonyl (C=O) groups is 1. The lowest BCUT2D eigenvalue weighted by atomic mass is 9.94. The van der Waals surface area contributed by atoms with Gasteiger partial charge in [-0.2, -0.15) is 0 Å². The Hall–Kier alpha value is -1.39. The van der Waals surface area contributed by atoms with E-state index in [0.717, 1.165) is 16.6 Å². The van der Waals surface area contributed by atoms with E-state index in [9.17, 15) is 4.79 Å². The van der Waals surface area contributed by atoms with E-state index in [2.05, 4.69) is 11.9 Å². The number of amides is 1. The number of H-pyrrole nitrogens is 1. The van der Waals surface area contributed by atoms with Crippen molar-refractivity contribution >= 4 is 40.2 Å². The number of aromatic nitrogens is 1. The third-order valence-electron chi connectivity index (χ3n) is 3.95. The molecule has 1 aliphatic heterocycles. The Kier molecular flexibility index (Phi) is 4.01. The first kappa shape index (κ1) is 16.5. The van der Waals surface area contributed by atoms with Crippen LogP contribution in [0.1, 0.15) is 44.9 Å². The fraction of sp³-hybridized carbons (Fsp3) is 0.471. The minimum atomic E-state index is -0.498. The molecule has 2 heterocycles. The Balaban J connectivity index is 1.96. The van der Waals surface area contributed by atoms with Gasteiger partial charge in [0, 0.05) is 29.1 Å². The largest absolute Gasteiger partial charge is 0.444 e. The minimum Gasteiger partial charge on any atom is -0.444 e. The maximum Gasteiger partial charge on any atom is 0.410 e. The predicted molar refractivity (Wildman–Crippen MR) is 93.4 cm³/mol. The fourth-order valence-electron chi connectivity index (χ4n) is 3.10. The second kappa shape index (κ2) is 5.60. The van der Waals surface area contributed by atoms with Crippen LogP contribution >= 0.6 is 23.2 Å². The van der Waals surface area contributed by atoms with Gasteiger partial charge in [0.2, 0.25) is 0 Å². The summed E-state index contributed by atoms with van der Waals surface area (Å²) in [5.41, 5.74) is 2.67. The van der Waals surface area contributed by atoms with Crippen LogP contribution in [0.4, 0.5) is 4.79 Å². The highest BCUT2D eigenvalue weighted by atomic mass is 35.5. The highest BCUT2D eigenvalue weighted by Crippen LogP contribution is 2.38. The smallest absolute Gasteiger partial charge is 0.410 e. The van der Waals surface area contributed by atoms with Crippen molar-refractivity contribution in [1.29, 1.82) is 0 Å². The quantitative estimate of drug-likeness (QED) is 0.694. The van der Waals surface area contributed by atoms with E-state index in [4.69, 9.17) is 27.9 Å². The lowest BCUT2D eigenvalue weighted by Gasteiger charge is -2.33. The van der Waals surface area contributed by atoms with Crippen molar-refractivity contribution in [3.05, 3.63) is 33.4 Å². The molecule has 23 heavy (non-hydrogen) atoms. The van der Waals surface area contributed by atoms with Gasteiger partial charge >= 0.3 is 6.09 Å². The molecule has 0 saturated heterocycles. The molecule has 3 rings (SSSR count). The zero-order chi connectivity index (χ0) is 16.9. The van der Waals surface area contributed by atoms with E-state index in [1.165, 1.54) is 5.56 Å². The number of ether oxygens (including phenoxy) is 1. The topological polar surface area (TPSA) is 45.3 Å². The summed E-state index contributed by atoms with van der Waals surface area (Å²) >= 11 is 12.3. The second-order valence-electron chi connectivity index (χ2n) is 7.09. The van der Waals surface area contributed by atoms with Gasteiger partial charge in [0.1, 0.15) is 5.60 Å². The summed E-state index contributed by atoms with van der Waals surface area (Å²) < 4.78 is 5.48.